The number of aryl methyl sites for hydroxylation is 3. The molecule has 0 aliphatic heterocycles. The van der Waals surface area contributed by atoms with Crippen molar-refractivity contribution < 1.29 is 18.0 Å². The van der Waals surface area contributed by atoms with E-state index in [0.29, 0.717) is 12.1 Å². The first-order valence-electron chi connectivity index (χ1n) is 9.35. The zero-order valence-corrected chi connectivity index (χ0v) is 15.7. The Morgan fingerprint density at radius 3 is 2.71 bits per heavy atom. The van der Waals surface area contributed by atoms with Crippen LogP contribution in [0.5, 0.6) is 0 Å². The van der Waals surface area contributed by atoms with Crippen molar-refractivity contribution in [1.82, 2.24) is 4.98 Å². The molecule has 1 amide bonds. The highest BCUT2D eigenvalue weighted by Gasteiger charge is 2.25. The van der Waals surface area contributed by atoms with E-state index in [0.717, 1.165) is 59.7 Å². The van der Waals surface area contributed by atoms with Gasteiger partial charge >= 0.3 is 0 Å². The Hall–Kier alpha value is -3.02. The molecule has 1 aliphatic carbocycles. The number of rotatable bonds is 4. The normalized spacial score (nSPS) is 12.9. The molecule has 0 unspecified atom stereocenters. The maximum atomic E-state index is 13.9. The molecule has 0 fully saturated rings. The minimum Gasteiger partial charge on any atom is -0.465 e. The van der Waals surface area contributed by atoms with Gasteiger partial charge in [0.2, 0.25) is 0 Å². The molecule has 0 saturated heterocycles. The van der Waals surface area contributed by atoms with Gasteiger partial charge in [0.1, 0.15) is 28.7 Å². The Morgan fingerprint density at radius 2 is 2.00 bits per heavy atom. The van der Waals surface area contributed by atoms with E-state index in [1.54, 1.807) is 6.20 Å². The first kappa shape index (κ1) is 18.3. The molecule has 0 spiro atoms. The van der Waals surface area contributed by atoms with E-state index in [1.165, 1.54) is 11.6 Å². The van der Waals surface area contributed by atoms with E-state index >= 15 is 0 Å². The van der Waals surface area contributed by atoms with Gasteiger partial charge in [-0.15, -0.1) is 0 Å². The number of aromatic nitrogens is 1. The summed E-state index contributed by atoms with van der Waals surface area (Å²) in [7, 11) is 0. The molecule has 2 heterocycles. The van der Waals surface area contributed by atoms with Crippen LogP contribution in [0, 0.1) is 18.6 Å². The van der Waals surface area contributed by atoms with Crippen molar-refractivity contribution in [3.63, 3.8) is 0 Å². The van der Waals surface area contributed by atoms with Crippen LogP contribution in [-0.2, 0) is 19.3 Å². The number of benzene rings is 1. The number of amides is 1. The van der Waals surface area contributed by atoms with Gasteiger partial charge in [-0.05, 0) is 49.9 Å². The lowest BCUT2D eigenvalue weighted by molar-refractivity contribution is 0.101. The fourth-order valence-corrected chi connectivity index (χ4v) is 3.81. The van der Waals surface area contributed by atoms with Gasteiger partial charge < -0.3 is 9.73 Å². The number of carbonyl (C=O) groups excluding carboxylic acids is 1. The number of anilines is 1. The van der Waals surface area contributed by atoms with Gasteiger partial charge in [0.15, 0.2) is 0 Å². The van der Waals surface area contributed by atoms with Crippen LogP contribution in [-0.4, -0.2) is 10.9 Å². The van der Waals surface area contributed by atoms with Gasteiger partial charge in [0, 0.05) is 17.5 Å². The zero-order chi connectivity index (χ0) is 19.8. The molecule has 0 saturated carbocycles. The van der Waals surface area contributed by atoms with Crippen molar-refractivity contribution in [3.8, 4) is 11.3 Å². The minimum absolute atomic E-state index is 0.441. The third-order valence-electron chi connectivity index (χ3n) is 5.16. The molecule has 0 atom stereocenters. The molecular formula is C22H20F2N2O2. The fourth-order valence-electron chi connectivity index (χ4n) is 3.81. The summed E-state index contributed by atoms with van der Waals surface area (Å²) in [5, 5.41) is 2.59. The molecule has 4 rings (SSSR count). The molecule has 0 bridgehead atoms. The predicted octanol–water partition coefficient (Wildman–Crippen LogP) is 5.23. The maximum absolute atomic E-state index is 13.9. The summed E-state index contributed by atoms with van der Waals surface area (Å²) >= 11 is 0. The summed E-state index contributed by atoms with van der Waals surface area (Å²) in [6.07, 6.45) is 5.16. The highest BCUT2D eigenvalue weighted by atomic mass is 19.1. The minimum atomic E-state index is -0.898. The monoisotopic (exact) mass is 382 g/mol. The molecule has 3 aromatic rings. The van der Waals surface area contributed by atoms with E-state index in [-0.39, 0.29) is 0 Å². The van der Waals surface area contributed by atoms with E-state index in [1.807, 2.05) is 19.9 Å². The van der Waals surface area contributed by atoms with Crippen LogP contribution >= 0.6 is 0 Å². The molecule has 1 N–H and O–H groups in total. The van der Waals surface area contributed by atoms with Crippen molar-refractivity contribution in [2.75, 3.05) is 5.32 Å². The van der Waals surface area contributed by atoms with Gasteiger partial charge in [-0.2, -0.15) is 0 Å². The Kier molecular flexibility index (Phi) is 4.71. The Bertz CT molecular complexity index is 1050. The number of nitrogens with one attached hydrogen (secondary N) is 1. The number of pyridine rings is 1. The zero-order valence-electron chi connectivity index (χ0n) is 15.7. The van der Waals surface area contributed by atoms with Crippen molar-refractivity contribution >= 4 is 11.6 Å². The molecular weight excluding hydrogens is 362 g/mol. The third kappa shape index (κ3) is 3.09. The lowest BCUT2D eigenvalue weighted by atomic mass is 10.0. The molecule has 1 aliphatic rings. The van der Waals surface area contributed by atoms with Crippen LogP contribution in [0.25, 0.3) is 11.3 Å². The van der Waals surface area contributed by atoms with E-state index in [2.05, 4.69) is 10.3 Å². The second kappa shape index (κ2) is 7.19. The molecule has 6 heteroatoms. The smallest absolute Gasteiger partial charge is 0.261 e. The molecule has 4 nitrogen and oxygen atoms in total. The number of furan rings is 1. The van der Waals surface area contributed by atoms with Crippen LogP contribution in [0.15, 0.2) is 34.9 Å². The second-order valence-electron chi connectivity index (χ2n) is 6.92. The van der Waals surface area contributed by atoms with E-state index in [4.69, 9.17) is 4.42 Å². The second-order valence-corrected chi connectivity index (χ2v) is 6.92. The van der Waals surface area contributed by atoms with Crippen molar-refractivity contribution in [3.05, 3.63) is 70.3 Å². The average molecular weight is 382 g/mol. The standard InChI is InChI=1S/C22H20F2N2O2/c1-3-13-10-17(20-12(2)28-19-9-4-6-14(19)20)25-11-18(13)26-22(27)21-15(23)7-5-8-16(21)24/h5,7-8,10-11H,3-4,6,9H2,1-2H3,(H,26,27). The Morgan fingerprint density at radius 1 is 1.25 bits per heavy atom. The van der Waals surface area contributed by atoms with Crippen molar-refractivity contribution in [1.29, 1.82) is 0 Å². The lowest BCUT2D eigenvalue weighted by Crippen LogP contribution is -2.17. The van der Waals surface area contributed by atoms with Crippen LogP contribution in [0.1, 0.15) is 46.3 Å². The van der Waals surface area contributed by atoms with Crippen molar-refractivity contribution in [2.24, 2.45) is 0 Å². The fraction of sp³-hybridized carbons (Fsp3) is 0.273. The number of hydrogen-bond acceptors (Lipinski definition) is 3. The van der Waals surface area contributed by atoms with E-state index in [9.17, 15) is 13.6 Å². The summed E-state index contributed by atoms with van der Waals surface area (Å²) in [6, 6.07) is 5.25. The maximum Gasteiger partial charge on any atom is 0.261 e. The third-order valence-corrected chi connectivity index (χ3v) is 5.16. The topological polar surface area (TPSA) is 55.1 Å². The summed E-state index contributed by atoms with van der Waals surface area (Å²) in [5.41, 5.74) is 3.69. The SMILES string of the molecule is CCc1cc(-c2c(C)oc3c2CCC3)ncc1NC(=O)c1c(F)cccc1F. The lowest BCUT2D eigenvalue weighted by Gasteiger charge is -2.12. The number of nitrogens with zero attached hydrogens (tertiary/aromatic N) is 1. The van der Waals surface area contributed by atoms with Gasteiger partial charge in [-0.1, -0.05) is 13.0 Å². The quantitative estimate of drug-likeness (QED) is 0.672. The number of carbonyl (C=O) groups is 1. The van der Waals surface area contributed by atoms with E-state index < -0.39 is 23.1 Å². The number of hydrogen-bond donors (Lipinski definition) is 1. The summed E-state index contributed by atoms with van der Waals surface area (Å²) in [4.78, 5) is 16.9. The van der Waals surface area contributed by atoms with Crippen LogP contribution < -0.4 is 5.32 Å². The van der Waals surface area contributed by atoms with Gasteiger partial charge in [0.05, 0.1) is 17.6 Å². The number of fused-ring (bicyclic) bond motifs is 1. The van der Waals surface area contributed by atoms with Gasteiger partial charge in [0.25, 0.3) is 5.91 Å². The van der Waals surface area contributed by atoms with Crippen LogP contribution in [0.4, 0.5) is 14.5 Å². The molecule has 144 valence electrons. The van der Waals surface area contributed by atoms with Crippen molar-refractivity contribution in [2.45, 2.75) is 39.5 Å². The first-order chi connectivity index (χ1) is 13.5. The summed E-state index contributed by atoms with van der Waals surface area (Å²) in [6.45, 7) is 3.88. The molecule has 2 aromatic heterocycles. The highest BCUT2D eigenvalue weighted by molar-refractivity contribution is 6.05. The molecule has 28 heavy (non-hydrogen) atoms. The van der Waals surface area contributed by atoms with Crippen LogP contribution in [0.3, 0.4) is 0 Å². The van der Waals surface area contributed by atoms with Crippen LogP contribution in [0.2, 0.25) is 0 Å². The average Bonchev–Trinajstić information content (AvgIpc) is 3.22. The highest BCUT2D eigenvalue weighted by Crippen LogP contribution is 2.37. The largest absolute Gasteiger partial charge is 0.465 e. The Labute approximate surface area is 161 Å². The summed E-state index contributed by atoms with van der Waals surface area (Å²) < 4.78 is 33.6. The van der Waals surface area contributed by atoms with Gasteiger partial charge in [-0.25, -0.2) is 8.78 Å². The number of halogens is 2. The Balaban J connectivity index is 1.68. The first-order valence-corrected chi connectivity index (χ1v) is 9.35. The predicted molar refractivity (Wildman–Crippen MR) is 102 cm³/mol. The molecule has 0 radical (unpaired) electrons. The molecule has 1 aromatic carbocycles. The van der Waals surface area contributed by atoms with Gasteiger partial charge in [-0.3, -0.25) is 9.78 Å². The summed E-state index contributed by atoms with van der Waals surface area (Å²) in [5.74, 6) is -0.765.